The first-order valence-electron chi connectivity index (χ1n) is 17.5. The normalized spacial score (nSPS) is 27.5. The zero-order valence-corrected chi connectivity index (χ0v) is 27.4. The van der Waals surface area contributed by atoms with Gasteiger partial charge in [0, 0.05) is 32.2 Å². The van der Waals surface area contributed by atoms with Gasteiger partial charge in [0.15, 0.2) is 0 Å². The van der Waals surface area contributed by atoms with Crippen LogP contribution in [0.5, 0.6) is 5.75 Å². The fraction of sp³-hybridized carbons (Fsp3) is 0.757. The molecule has 3 aliphatic carbocycles. The number of esters is 2. The van der Waals surface area contributed by atoms with Crippen LogP contribution in [-0.4, -0.2) is 30.5 Å². The molecule has 3 aliphatic rings. The Morgan fingerprint density at radius 2 is 1.63 bits per heavy atom. The van der Waals surface area contributed by atoms with Gasteiger partial charge in [0.25, 0.3) is 0 Å². The molecule has 0 radical (unpaired) electrons. The molecule has 6 atom stereocenters. The Labute approximate surface area is 260 Å². The summed E-state index contributed by atoms with van der Waals surface area (Å²) in [4.78, 5) is 35.5. The summed E-state index contributed by atoms with van der Waals surface area (Å²) in [6.07, 6.45) is 19.2. The van der Waals surface area contributed by atoms with E-state index in [0.29, 0.717) is 35.8 Å². The summed E-state index contributed by atoms with van der Waals surface area (Å²) in [5.74, 6) is 2.76. The highest BCUT2D eigenvalue weighted by Gasteiger charge is 2.58. The average molecular weight is 596 g/mol. The number of nitrogens with one attached hydrogen (secondary N) is 1. The number of fused-ring (bicyclic) bond motifs is 5. The smallest absolute Gasteiger partial charge is 0.308 e. The molecule has 4 rings (SSSR count). The van der Waals surface area contributed by atoms with E-state index in [2.05, 4.69) is 31.3 Å². The number of hydrogen-bond donors (Lipinski definition) is 1. The minimum absolute atomic E-state index is 0.0357. The fourth-order valence-corrected chi connectivity index (χ4v) is 8.97. The summed E-state index contributed by atoms with van der Waals surface area (Å²) >= 11 is 0. The molecule has 1 aromatic rings. The first-order chi connectivity index (χ1) is 20.7. The average Bonchev–Trinajstić information content (AvgIpc) is 3.28. The molecule has 1 amide bonds. The minimum Gasteiger partial charge on any atom is -0.462 e. The van der Waals surface area contributed by atoms with Crippen LogP contribution in [-0.2, 0) is 25.5 Å². The second-order valence-electron chi connectivity index (χ2n) is 14.0. The van der Waals surface area contributed by atoms with E-state index in [4.69, 9.17) is 9.47 Å². The van der Waals surface area contributed by atoms with Crippen molar-refractivity contribution in [3.8, 4) is 5.75 Å². The fourth-order valence-electron chi connectivity index (χ4n) is 8.97. The van der Waals surface area contributed by atoms with Crippen LogP contribution in [0, 0.1) is 23.2 Å². The summed E-state index contributed by atoms with van der Waals surface area (Å²) in [6, 6.07) is 6.34. The first-order valence-corrected chi connectivity index (χ1v) is 17.5. The highest BCUT2D eigenvalue weighted by molar-refractivity contribution is 5.75. The largest absolute Gasteiger partial charge is 0.462 e. The molecule has 6 nitrogen and oxygen atoms in total. The lowest BCUT2D eigenvalue weighted by molar-refractivity contribution is -0.156. The lowest BCUT2D eigenvalue weighted by atomic mass is 9.51. The van der Waals surface area contributed by atoms with Crippen LogP contribution in [0.15, 0.2) is 18.2 Å². The van der Waals surface area contributed by atoms with Crippen molar-refractivity contribution in [2.75, 3.05) is 6.54 Å². The molecular weight excluding hydrogens is 538 g/mol. The Bertz CT molecular complexity index is 1080. The van der Waals surface area contributed by atoms with E-state index in [1.165, 1.54) is 63.0 Å². The number of hydrogen-bond acceptors (Lipinski definition) is 5. The number of carbonyl (C=O) groups excluding carboxylic acids is 3. The van der Waals surface area contributed by atoms with Gasteiger partial charge in [-0.3, -0.25) is 14.4 Å². The molecule has 0 saturated heterocycles. The minimum atomic E-state index is -0.271. The third kappa shape index (κ3) is 8.85. The van der Waals surface area contributed by atoms with Crippen LogP contribution in [0.1, 0.15) is 147 Å². The molecule has 6 heteroatoms. The number of amides is 1. The third-order valence-corrected chi connectivity index (χ3v) is 10.9. The summed E-state index contributed by atoms with van der Waals surface area (Å²) in [5.41, 5.74) is 2.87. The van der Waals surface area contributed by atoms with Crippen molar-refractivity contribution in [2.45, 2.75) is 149 Å². The predicted octanol–water partition coefficient (Wildman–Crippen LogP) is 8.44. The van der Waals surface area contributed by atoms with Gasteiger partial charge in [-0.05, 0) is 98.3 Å². The van der Waals surface area contributed by atoms with Crippen molar-refractivity contribution >= 4 is 17.8 Å². The van der Waals surface area contributed by atoms with Crippen LogP contribution >= 0.6 is 0 Å². The number of ether oxygens (including phenoxy) is 2. The SMILES string of the molecule is CCCCNC(=O)CCCCCCCCCC[C@H]1C[C@]2(C)[C@@H](OC(C)=O)CC[C@H]2[C@@H]2CCc3cc(OC(C)=O)ccc3[C@@H]12. The zero-order chi connectivity index (χ0) is 30.8. The van der Waals surface area contributed by atoms with Crippen LogP contribution in [0.4, 0.5) is 0 Å². The Balaban J connectivity index is 1.30. The standard InChI is InChI=1S/C37H57NO5/c1-5-6-23-38-35(41)16-14-12-10-8-7-9-11-13-15-29-25-37(4)33(21-22-34(37)43-27(3)40)32-19-17-28-24-30(42-26(2)39)18-20-31(28)36(29)32/h18,20,24,29,32-34,36H,5-17,19,21-23,25H2,1-4H3,(H,38,41)/t29-,32-,33-,34-,36+,37-/m0/s1. The lowest BCUT2D eigenvalue weighted by Crippen LogP contribution is -2.48. The zero-order valence-electron chi connectivity index (χ0n) is 27.4. The van der Waals surface area contributed by atoms with Gasteiger partial charge in [0.05, 0.1) is 0 Å². The summed E-state index contributed by atoms with van der Waals surface area (Å²) in [5, 5.41) is 3.01. The molecule has 0 heterocycles. The Morgan fingerprint density at radius 1 is 0.907 bits per heavy atom. The molecule has 0 aromatic heterocycles. The van der Waals surface area contributed by atoms with E-state index in [0.717, 1.165) is 64.3 Å². The first kappa shape index (κ1) is 33.5. The van der Waals surface area contributed by atoms with E-state index in [1.807, 2.05) is 6.07 Å². The number of rotatable bonds is 16. The lowest BCUT2D eigenvalue weighted by Gasteiger charge is -2.54. The number of benzene rings is 1. The predicted molar refractivity (Wildman–Crippen MR) is 171 cm³/mol. The van der Waals surface area contributed by atoms with E-state index < -0.39 is 0 Å². The Morgan fingerprint density at radius 3 is 2.33 bits per heavy atom. The van der Waals surface area contributed by atoms with Crippen LogP contribution in [0.2, 0.25) is 0 Å². The van der Waals surface area contributed by atoms with Gasteiger partial charge in [-0.2, -0.15) is 0 Å². The Hall–Kier alpha value is -2.37. The molecule has 2 fully saturated rings. The molecule has 240 valence electrons. The summed E-state index contributed by atoms with van der Waals surface area (Å²) in [6.45, 7) is 8.39. The van der Waals surface area contributed by atoms with E-state index in [1.54, 1.807) is 6.92 Å². The van der Waals surface area contributed by atoms with Gasteiger partial charge in [0.1, 0.15) is 11.9 Å². The van der Waals surface area contributed by atoms with Crippen molar-refractivity contribution in [1.29, 1.82) is 0 Å². The second kappa shape index (κ2) is 16.1. The van der Waals surface area contributed by atoms with Crippen LogP contribution in [0.25, 0.3) is 0 Å². The quantitative estimate of drug-likeness (QED) is 0.118. The van der Waals surface area contributed by atoms with Gasteiger partial charge in [0.2, 0.25) is 5.91 Å². The van der Waals surface area contributed by atoms with E-state index >= 15 is 0 Å². The van der Waals surface area contributed by atoms with Crippen molar-refractivity contribution in [3.05, 3.63) is 29.3 Å². The van der Waals surface area contributed by atoms with Crippen molar-refractivity contribution in [2.24, 2.45) is 23.2 Å². The maximum atomic E-state index is 12.0. The number of carbonyl (C=O) groups is 3. The monoisotopic (exact) mass is 595 g/mol. The molecule has 0 unspecified atom stereocenters. The maximum absolute atomic E-state index is 12.0. The van der Waals surface area contributed by atoms with Gasteiger partial charge < -0.3 is 14.8 Å². The van der Waals surface area contributed by atoms with Crippen molar-refractivity contribution in [3.63, 3.8) is 0 Å². The highest BCUT2D eigenvalue weighted by Crippen LogP contribution is 2.64. The maximum Gasteiger partial charge on any atom is 0.308 e. The molecule has 1 N–H and O–H groups in total. The van der Waals surface area contributed by atoms with Gasteiger partial charge in [-0.1, -0.05) is 71.3 Å². The van der Waals surface area contributed by atoms with Gasteiger partial charge in [-0.15, -0.1) is 0 Å². The Kier molecular flexibility index (Phi) is 12.5. The van der Waals surface area contributed by atoms with Crippen molar-refractivity contribution in [1.82, 2.24) is 5.32 Å². The molecule has 2 saturated carbocycles. The van der Waals surface area contributed by atoms with Gasteiger partial charge >= 0.3 is 11.9 Å². The molecular formula is C37H57NO5. The summed E-state index contributed by atoms with van der Waals surface area (Å²) in [7, 11) is 0. The van der Waals surface area contributed by atoms with E-state index in [-0.39, 0.29) is 29.4 Å². The molecule has 1 aromatic carbocycles. The number of unbranched alkanes of at least 4 members (excludes halogenated alkanes) is 8. The van der Waals surface area contributed by atoms with Crippen molar-refractivity contribution < 1.29 is 23.9 Å². The third-order valence-electron chi connectivity index (χ3n) is 10.9. The van der Waals surface area contributed by atoms with Crippen LogP contribution in [0.3, 0.4) is 0 Å². The molecule has 0 aliphatic heterocycles. The molecule has 43 heavy (non-hydrogen) atoms. The summed E-state index contributed by atoms with van der Waals surface area (Å²) < 4.78 is 11.4. The van der Waals surface area contributed by atoms with E-state index in [9.17, 15) is 14.4 Å². The molecule has 0 bridgehead atoms. The highest BCUT2D eigenvalue weighted by atomic mass is 16.5. The molecule has 0 spiro atoms. The van der Waals surface area contributed by atoms with Crippen LogP contribution < -0.4 is 10.1 Å². The van der Waals surface area contributed by atoms with Gasteiger partial charge in [-0.25, -0.2) is 0 Å². The second-order valence-corrected chi connectivity index (χ2v) is 14.0. The topological polar surface area (TPSA) is 81.7 Å². The number of aryl methyl sites for hydroxylation is 1.